The van der Waals surface area contributed by atoms with E-state index in [0.717, 1.165) is 58.6 Å². The van der Waals surface area contributed by atoms with Crippen molar-refractivity contribution in [3.05, 3.63) is 82.4 Å². The minimum Gasteiger partial charge on any atom is -0.497 e. The Morgan fingerprint density at radius 2 is 1.76 bits per heavy atom. The number of aryl methyl sites for hydroxylation is 1. The first-order chi connectivity index (χ1) is 18.0. The van der Waals surface area contributed by atoms with Crippen LogP contribution in [-0.2, 0) is 11.2 Å². The number of methoxy groups -OCH3 is 1. The molecule has 1 aliphatic carbocycles. The average molecular weight is 504 g/mol. The first-order valence-electron chi connectivity index (χ1n) is 12.8. The lowest BCUT2D eigenvalue weighted by atomic mass is 9.78. The third-order valence-electron chi connectivity index (χ3n) is 7.30. The van der Waals surface area contributed by atoms with Gasteiger partial charge >= 0.3 is 5.97 Å². The Bertz CT molecular complexity index is 1290. The summed E-state index contributed by atoms with van der Waals surface area (Å²) in [6.45, 7) is 3.38. The number of carbonyl (C=O) groups is 1. The van der Waals surface area contributed by atoms with Gasteiger partial charge in [0.2, 0.25) is 6.79 Å². The number of carboxylic acid groups (broad SMARTS) is 1. The van der Waals surface area contributed by atoms with Gasteiger partial charge in [0.05, 0.1) is 19.6 Å². The molecule has 2 aliphatic rings. The van der Waals surface area contributed by atoms with Crippen LogP contribution in [0.5, 0.6) is 23.0 Å². The highest BCUT2D eigenvalue weighted by molar-refractivity contribution is 5.78. The number of rotatable bonds is 10. The van der Waals surface area contributed by atoms with E-state index in [-0.39, 0.29) is 18.6 Å². The summed E-state index contributed by atoms with van der Waals surface area (Å²) in [5.74, 6) is 0.507. The van der Waals surface area contributed by atoms with E-state index in [9.17, 15) is 9.90 Å². The van der Waals surface area contributed by atoms with Crippen molar-refractivity contribution in [1.29, 1.82) is 0 Å². The summed E-state index contributed by atoms with van der Waals surface area (Å²) >= 11 is 0. The molecular formula is C30H33NO6. The third kappa shape index (κ3) is 4.71. The van der Waals surface area contributed by atoms with Crippen molar-refractivity contribution in [1.82, 2.24) is 0 Å². The van der Waals surface area contributed by atoms with E-state index in [2.05, 4.69) is 6.92 Å². The molecule has 3 atom stereocenters. The zero-order valence-corrected chi connectivity index (χ0v) is 21.2. The van der Waals surface area contributed by atoms with Crippen LogP contribution < -0.4 is 24.7 Å². The number of nitrogens with two attached hydrogens (primary N) is 1. The van der Waals surface area contributed by atoms with Crippen molar-refractivity contribution in [2.45, 2.75) is 38.0 Å². The zero-order chi connectivity index (χ0) is 25.9. The van der Waals surface area contributed by atoms with E-state index < -0.39 is 11.9 Å². The summed E-state index contributed by atoms with van der Waals surface area (Å²) in [6.07, 6.45) is 2.42. The number of carboxylic acids is 1. The molecule has 7 nitrogen and oxygen atoms in total. The standard InChI is InChI=1S/C30H33NO6/c1-3-13-35-21-8-10-23-24(16-21)28(22-9-7-20(34-2)14-18(22)5-4-12-31)29(30(32)33)27(23)19-6-11-25-26(15-19)37-17-36-25/h6-11,14-16,27-29H,3-5,12-13,17,31H2,1-2H3,(H,32,33). The van der Waals surface area contributed by atoms with Crippen LogP contribution in [0.15, 0.2) is 54.6 Å². The van der Waals surface area contributed by atoms with Crippen molar-refractivity contribution in [2.75, 3.05) is 27.1 Å². The van der Waals surface area contributed by atoms with Crippen molar-refractivity contribution in [3.63, 3.8) is 0 Å². The van der Waals surface area contributed by atoms with E-state index in [4.69, 9.17) is 24.7 Å². The SMILES string of the molecule is CCCOc1ccc2c(c1)C(c1ccc(OC)cc1CCCN)C(C(=O)O)C2c1ccc2c(c1)OCO2. The van der Waals surface area contributed by atoms with Crippen LogP contribution in [0, 0.1) is 5.92 Å². The summed E-state index contributed by atoms with van der Waals surface area (Å²) in [7, 11) is 1.64. The van der Waals surface area contributed by atoms with E-state index in [0.29, 0.717) is 24.7 Å². The lowest BCUT2D eigenvalue weighted by Crippen LogP contribution is -2.24. The molecule has 3 aromatic rings. The molecule has 0 saturated heterocycles. The second-order valence-electron chi connectivity index (χ2n) is 9.53. The van der Waals surface area contributed by atoms with Crippen molar-refractivity contribution < 1.29 is 28.8 Å². The maximum atomic E-state index is 13.0. The molecule has 37 heavy (non-hydrogen) atoms. The smallest absolute Gasteiger partial charge is 0.308 e. The summed E-state index contributed by atoms with van der Waals surface area (Å²) in [4.78, 5) is 13.0. The molecular weight excluding hydrogens is 470 g/mol. The minimum atomic E-state index is -0.847. The van der Waals surface area contributed by atoms with E-state index >= 15 is 0 Å². The highest BCUT2D eigenvalue weighted by Crippen LogP contribution is 2.55. The second kappa shape index (κ2) is 10.7. The molecule has 3 unspecified atom stereocenters. The lowest BCUT2D eigenvalue weighted by Gasteiger charge is -2.25. The summed E-state index contributed by atoms with van der Waals surface area (Å²) in [5, 5.41) is 10.7. The van der Waals surface area contributed by atoms with E-state index in [1.165, 1.54) is 0 Å². The van der Waals surface area contributed by atoms with Gasteiger partial charge < -0.3 is 29.8 Å². The highest BCUT2D eigenvalue weighted by Gasteiger charge is 2.47. The Morgan fingerprint density at radius 3 is 2.51 bits per heavy atom. The lowest BCUT2D eigenvalue weighted by molar-refractivity contribution is -0.142. The molecule has 0 amide bonds. The predicted molar refractivity (Wildman–Crippen MR) is 140 cm³/mol. The number of ether oxygens (including phenoxy) is 4. The van der Waals surface area contributed by atoms with Crippen LogP contribution in [0.1, 0.15) is 59.4 Å². The predicted octanol–water partition coefficient (Wildman–Crippen LogP) is 5.08. The molecule has 194 valence electrons. The van der Waals surface area contributed by atoms with Gasteiger partial charge in [0.1, 0.15) is 11.5 Å². The molecule has 3 N–H and O–H groups in total. The number of fused-ring (bicyclic) bond motifs is 2. The Hall–Kier alpha value is -3.71. The fourth-order valence-corrected chi connectivity index (χ4v) is 5.66. The number of benzene rings is 3. The summed E-state index contributed by atoms with van der Waals surface area (Å²) in [6, 6.07) is 17.6. The molecule has 0 spiro atoms. The first kappa shape index (κ1) is 25.0. The molecule has 0 fully saturated rings. The molecule has 0 radical (unpaired) electrons. The summed E-state index contributed by atoms with van der Waals surface area (Å²) < 4.78 is 22.6. The molecule has 3 aromatic carbocycles. The molecule has 7 heteroatoms. The van der Waals surface area contributed by atoms with Crippen LogP contribution in [0.2, 0.25) is 0 Å². The molecule has 5 rings (SSSR count). The van der Waals surface area contributed by atoms with Gasteiger partial charge in [-0.25, -0.2) is 0 Å². The molecule has 1 aliphatic heterocycles. The Kier molecular flexibility index (Phi) is 7.24. The van der Waals surface area contributed by atoms with Crippen LogP contribution in [0.4, 0.5) is 0 Å². The number of hydrogen-bond donors (Lipinski definition) is 2. The van der Waals surface area contributed by atoms with Gasteiger partial charge in [-0.3, -0.25) is 4.79 Å². The van der Waals surface area contributed by atoms with Crippen LogP contribution in [-0.4, -0.2) is 38.1 Å². The maximum absolute atomic E-state index is 13.0. The molecule has 0 aromatic heterocycles. The van der Waals surface area contributed by atoms with Crippen LogP contribution >= 0.6 is 0 Å². The Labute approximate surface area is 217 Å². The second-order valence-corrected chi connectivity index (χ2v) is 9.53. The van der Waals surface area contributed by atoms with Gasteiger partial charge in [0.25, 0.3) is 0 Å². The normalized spacial score (nSPS) is 19.5. The van der Waals surface area contributed by atoms with Crippen molar-refractivity contribution in [3.8, 4) is 23.0 Å². The molecule has 0 saturated carbocycles. The van der Waals surface area contributed by atoms with Crippen molar-refractivity contribution in [2.24, 2.45) is 11.7 Å². The largest absolute Gasteiger partial charge is 0.497 e. The Morgan fingerprint density at radius 1 is 0.973 bits per heavy atom. The van der Waals surface area contributed by atoms with Gasteiger partial charge in [-0.1, -0.05) is 25.1 Å². The zero-order valence-electron chi connectivity index (χ0n) is 21.2. The third-order valence-corrected chi connectivity index (χ3v) is 7.30. The van der Waals surface area contributed by atoms with Gasteiger partial charge in [-0.05, 0) is 90.0 Å². The quantitative estimate of drug-likeness (QED) is 0.398. The van der Waals surface area contributed by atoms with Gasteiger partial charge in [-0.2, -0.15) is 0 Å². The Balaban J connectivity index is 1.69. The van der Waals surface area contributed by atoms with E-state index in [1.807, 2.05) is 54.6 Å². The minimum absolute atomic E-state index is 0.166. The number of aliphatic carboxylic acids is 1. The fraction of sp³-hybridized carbons (Fsp3) is 0.367. The van der Waals surface area contributed by atoms with Gasteiger partial charge in [0, 0.05) is 11.8 Å². The topological polar surface area (TPSA) is 100 Å². The first-order valence-corrected chi connectivity index (χ1v) is 12.8. The van der Waals surface area contributed by atoms with Gasteiger partial charge in [0.15, 0.2) is 11.5 Å². The fourth-order valence-electron chi connectivity index (χ4n) is 5.66. The average Bonchev–Trinajstić information content (AvgIpc) is 3.52. The monoisotopic (exact) mass is 503 g/mol. The summed E-state index contributed by atoms with van der Waals surface area (Å²) in [5.41, 5.74) is 10.7. The van der Waals surface area contributed by atoms with E-state index in [1.54, 1.807) is 7.11 Å². The molecule has 1 heterocycles. The van der Waals surface area contributed by atoms with Crippen LogP contribution in [0.3, 0.4) is 0 Å². The molecule has 0 bridgehead atoms. The maximum Gasteiger partial charge on any atom is 0.308 e. The van der Waals surface area contributed by atoms with Gasteiger partial charge in [-0.15, -0.1) is 0 Å². The van der Waals surface area contributed by atoms with Crippen LogP contribution in [0.25, 0.3) is 0 Å². The van der Waals surface area contributed by atoms with Crippen molar-refractivity contribution >= 4 is 5.97 Å². The highest BCUT2D eigenvalue weighted by atomic mass is 16.7. The number of hydrogen-bond acceptors (Lipinski definition) is 6.